The Morgan fingerprint density at radius 2 is 1.94 bits per heavy atom. The zero-order valence-corrected chi connectivity index (χ0v) is 11.1. The maximum absolute atomic E-state index is 6.05. The van der Waals surface area contributed by atoms with Crippen LogP contribution in [0.3, 0.4) is 0 Å². The summed E-state index contributed by atoms with van der Waals surface area (Å²) in [6.07, 6.45) is 0. The minimum atomic E-state index is 0.308. The van der Waals surface area contributed by atoms with E-state index in [9.17, 15) is 0 Å². The van der Waals surface area contributed by atoms with Crippen molar-refractivity contribution in [2.45, 2.75) is 13.8 Å². The Hall–Kier alpha value is -1.88. The molecule has 1 aromatic carbocycles. The van der Waals surface area contributed by atoms with E-state index in [0.717, 1.165) is 5.56 Å². The molecule has 18 heavy (non-hydrogen) atoms. The number of hydrogen-bond acceptors (Lipinski definition) is 5. The summed E-state index contributed by atoms with van der Waals surface area (Å²) in [5.74, 6) is 1.50. The highest BCUT2D eigenvalue weighted by molar-refractivity contribution is 6.31. The predicted octanol–water partition coefficient (Wildman–Crippen LogP) is 2.40. The summed E-state index contributed by atoms with van der Waals surface area (Å²) < 4.78 is 5.36. The van der Waals surface area contributed by atoms with Gasteiger partial charge in [-0.25, -0.2) is 4.98 Å². The van der Waals surface area contributed by atoms with Gasteiger partial charge < -0.3 is 10.5 Å². The number of benzene rings is 1. The number of methoxy groups -OCH3 is 1. The molecule has 0 saturated heterocycles. The van der Waals surface area contributed by atoms with E-state index < -0.39 is 0 Å². The molecule has 6 heteroatoms. The molecule has 0 fully saturated rings. The van der Waals surface area contributed by atoms with Crippen LogP contribution < -0.4 is 10.5 Å². The standard InChI is InChI=1S/C12H13ClN4O/c1-6-4-8(13)5-9(11(6)18-3)10-12(14)15-7(2)16-17-10/h4-5H,1-3H3,(H2,14,15,16). The molecule has 0 unspecified atom stereocenters. The Balaban J connectivity index is 2.69. The first-order valence-corrected chi connectivity index (χ1v) is 5.72. The Bertz CT molecular complexity index is 601. The third-order valence-corrected chi connectivity index (χ3v) is 2.74. The van der Waals surface area contributed by atoms with E-state index in [4.69, 9.17) is 22.1 Å². The minimum absolute atomic E-state index is 0.308. The van der Waals surface area contributed by atoms with Gasteiger partial charge in [-0.05, 0) is 31.5 Å². The molecule has 1 heterocycles. The second-order valence-electron chi connectivity index (χ2n) is 3.90. The molecule has 0 spiro atoms. The zero-order valence-electron chi connectivity index (χ0n) is 10.4. The summed E-state index contributed by atoms with van der Waals surface area (Å²) in [4.78, 5) is 4.09. The maximum Gasteiger partial charge on any atom is 0.154 e. The number of hydrogen-bond donors (Lipinski definition) is 1. The SMILES string of the molecule is COc1c(C)cc(Cl)cc1-c1nnc(C)nc1N. The number of rotatable bonds is 2. The van der Waals surface area contributed by atoms with Crippen molar-refractivity contribution in [2.75, 3.05) is 12.8 Å². The molecule has 0 saturated carbocycles. The molecule has 0 bridgehead atoms. The molecule has 0 amide bonds. The van der Waals surface area contributed by atoms with Crippen molar-refractivity contribution < 1.29 is 4.74 Å². The van der Waals surface area contributed by atoms with E-state index in [1.165, 1.54) is 0 Å². The van der Waals surface area contributed by atoms with E-state index in [1.807, 2.05) is 13.0 Å². The quantitative estimate of drug-likeness (QED) is 0.902. The minimum Gasteiger partial charge on any atom is -0.496 e. The molecule has 2 aromatic rings. The second-order valence-corrected chi connectivity index (χ2v) is 4.33. The van der Waals surface area contributed by atoms with Crippen molar-refractivity contribution >= 4 is 17.4 Å². The molecule has 94 valence electrons. The van der Waals surface area contributed by atoms with E-state index in [0.29, 0.717) is 33.7 Å². The first-order valence-electron chi connectivity index (χ1n) is 5.34. The summed E-state index contributed by atoms with van der Waals surface area (Å²) in [5, 5.41) is 8.56. The predicted molar refractivity (Wildman–Crippen MR) is 70.7 cm³/mol. The lowest BCUT2D eigenvalue weighted by atomic mass is 10.1. The number of aromatic nitrogens is 3. The van der Waals surface area contributed by atoms with Crippen LogP contribution in [0, 0.1) is 13.8 Å². The van der Waals surface area contributed by atoms with Crippen LogP contribution >= 0.6 is 11.6 Å². The zero-order chi connectivity index (χ0) is 13.3. The third-order valence-electron chi connectivity index (χ3n) is 2.52. The first kappa shape index (κ1) is 12.6. The van der Waals surface area contributed by atoms with Gasteiger partial charge >= 0.3 is 0 Å². The summed E-state index contributed by atoms with van der Waals surface area (Å²) in [7, 11) is 1.59. The van der Waals surface area contributed by atoms with E-state index >= 15 is 0 Å². The molecule has 2 rings (SSSR count). The Morgan fingerprint density at radius 3 is 2.56 bits per heavy atom. The Morgan fingerprint density at radius 1 is 1.22 bits per heavy atom. The molecule has 0 aliphatic rings. The first-order chi connectivity index (χ1) is 8.52. The lowest BCUT2D eigenvalue weighted by molar-refractivity contribution is 0.413. The van der Waals surface area contributed by atoms with Gasteiger partial charge in [-0.1, -0.05) is 11.6 Å². The fourth-order valence-corrected chi connectivity index (χ4v) is 2.06. The van der Waals surface area contributed by atoms with Gasteiger partial charge in [0.05, 0.1) is 7.11 Å². The number of nitrogens with zero attached hydrogens (tertiary/aromatic N) is 3. The number of halogens is 1. The molecule has 0 radical (unpaired) electrons. The van der Waals surface area contributed by atoms with Crippen LogP contribution in [0.5, 0.6) is 5.75 Å². The highest BCUT2D eigenvalue weighted by Gasteiger charge is 2.15. The van der Waals surface area contributed by atoms with Crippen molar-refractivity contribution in [3.8, 4) is 17.0 Å². The highest BCUT2D eigenvalue weighted by atomic mass is 35.5. The van der Waals surface area contributed by atoms with Gasteiger partial charge in [0, 0.05) is 10.6 Å². The summed E-state index contributed by atoms with van der Waals surface area (Å²) >= 11 is 6.05. The molecule has 0 aliphatic heterocycles. The summed E-state index contributed by atoms with van der Waals surface area (Å²) in [6.45, 7) is 3.63. The van der Waals surface area contributed by atoms with Gasteiger partial charge in [0.25, 0.3) is 0 Å². The highest BCUT2D eigenvalue weighted by Crippen LogP contribution is 2.36. The van der Waals surface area contributed by atoms with E-state index in [1.54, 1.807) is 20.1 Å². The topological polar surface area (TPSA) is 73.9 Å². The van der Waals surface area contributed by atoms with Crippen molar-refractivity contribution in [1.82, 2.24) is 15.2 Å². The molecular weight excluding hydrogens is 252 g/mol. The second kappa shape index (κ2) is 4.78. The van der Waals surface area contributed by atoms with Gasteiger partial charge in [0.15, 0.2) is 5.82 Å². The number of nitrogen functional groups attached to an aromatic ring is 1. The van der Waals surface area contributed by atoms with Crippen LogP contribution in [-0.2, 0) is 0 Å². The van der Waals surface area contributed by atoms with Crippen LogP contribution in [0.1, 0.15) is 11.4 Å². The van der Waals surface area contributed by atoms with Crippen LogP contribution in [0.2, 0.25) is 5.02 Å². The normalized spacial score (nSPS) is 10.4. The monoisotopic (exact) mass is 264 g/mol. The number of anilines is 1. The fraction of sp³-hybridized carbons (Fsp3) is 0.250. The van der Waals surface area contributed by atoms with Crippen molar-refractivity contribution in [3.63, 3.8) is 0 Å². The summed E-state index contributed by atoms with van der Waals surface area (Å²) in [5.41, 5.74) is 7.94. The van der Waals surface area contributed by atoms with Crippen LogP contribution in [-0.4, -0.2) is 22.3 Å². The molecule has 2 N–H and O–H groups in total. The lowest BCUT2D eigenvalue weighted by Crippen LogP contribution is -2.03. The molecule has 0 atom stereocenters. The average Bonchev–Trinajstić information content (AvgIpc) is 2.28. The third kappa shape index (κ3) is 2.22. The lowest BCUT2D eigenvalue weighted by Gasteiger charge is -2.12. The molecular formula is C12H13ClN4O. The summed E-state index contributed by atoms with van der Waals surface area (Å²) in [6, 6.07) is 3.56. The van der Waals surface area contributed by atoms with Crippen molar-refractivity contribution in [1.29, 1.82) is 0 Å². The Labute approximate surface area is 110 Å². The van der Waals surface area contributed by atoms with Crippen LogP contribution in [0.15, 0.2) is 12.1 Å². The van der Waals surface area contributed by atoms with Crippen LogP contribution in [0.25, 0.3) is 11.3 Å². The molecule has 1 aromatic heterocycles. The van der Waals surface area contributed by atoms with Gasteiger partial charge in [-0.3, -0.25) is 0 Å². The van der Waals surface area contributed by atoms with Gasteiger partial charge in [-0.2, -0.15) is 0 Å². The van der Waals surface area contributed by atoms with Crippen molar-refractivity contribution in [3.05, 3.63) is 28.5 Å². The largest absolute Gasteiger partial charge is 0.496 e. The maximum atomic E-state index is 6.05. The molecule has 5 nitrogen and oxygen atoms in total. The van der Waals surface area contributed by atoms with Gasteiger partial charge in [0.1, 0.15) is 17.3 Å². The van der Waals surface area contributed by atoms with Gasteiger partial charge in [0.2, 0.25) is 0 Å². The van der Waals surface area contributed by atoms with E-state index in [-0.39, 0.29) is 0 Å². The van der Waals surface area contributed by atoms with Crippen LogP contribution in [0.4, 0.5) is 5.82 Å². The number of nitrogens with two attached hydrogens (primary N) is 1. The Kier molecular flexibility index (Phi) is 3.34. The van der Waals surface area contributed by atoms with Crippen molar-refractivity contribution in [2.24, 2.45) is 0 Å². The smallest absolute Gasteiger partial charge is 0.154 e. The fourth-order valence-electron chi connectivity index (χ4n) is 1.79. The molecule has 0 aliphatic carbocycles. The average molecular weight is 265 g/mol. The van der Waals surface area contributed by atoms with E-state index in [2.05, 4.69) is 15.2 Å². The number of aryl methyl sites for hydroxylation is 2. The number of ether oxygens (including phenoxy) is 1. The van der Waals surface area contributed by atoms with Gasteiger partial charge in [-0.15, -0.1) is 10.2 Å².